The Balaban J connectivity index is 1.40. The number of nitrogens with zero attached hydrogens (tertiary/aromatic N) is 2. The Bertz CT molecular complexity index is 998. The summed E-state index contributed by atoms with van der Waals surface area (Å²) in [6, 6.07) is 7.82. The normalized spacial score (nSPS) is 32.5. The fourth-order valence-electron chi connectivity index (χ4n) is 6.65. The highest BCUT2D eigenvalue weighted by atomic mass is 16.5. The van der Waals surface area contributed by atoms with Crippen molar-refractivity contribution in [3.8, 4) is 5.75 Å². The molecule has 5 rings (SSSR count). The Hall–Kier alpha value is -2.61. The van der Waals surface area contributed by atoms with Crippen LogP contribution in [0.15, 0.2) is 24.3 Å². The third-order valence-corrected chi connectivity index (χ3v) is 8.58. The van der Waals surface area contributed by atoms with Gasteiger partial charge in [-0.1, -0.05) is 24.6 Å². The second-order valence-electron chi connectivity index (χ2n) is 10.9. The van der Waals surface area contributed by atoms with Crippen molar-refractivity contribution in [2.75, 3.05) is 26.2 Å². The fourth-order valence-corrected chi connectivity index (χ4v) is 6.65. The van der Waals surface area contributed by atoms with Crippen LogP contribution in [0.4, 0.5) is 0 Å². The van der Waals surface area contributed by atoms with Crippen LogP contribution in [-0.2, 0) is 19.1 Å². The predicted molar refractivity (Wildman–Crippen MR) is 128 cm³/mol. The van der Waals surface area contributed by atoms with Gasteiger partial charge in [0.1, 0.15) is 11.4 Å². The summed E-state index contributed by atoms with van der Waals surface area (Å²) in [5.74, 6) is -0.126. The fraction of sp³-hybridized carbons (Fsp3) is 0.667. The lowest BCUT2D eigenvalue weighted by Gasteiger charge is -2.54. The van der Waals surface area contributed by atoms with Gasteiger partial charge in [0.05, 0.1) is 24.8 Å². The largest absolute Gasteiger partial charge is 0.487 e. The quantitative estimate of drug-likeness (QED) is 0.687. The number of aliphatic carboxylic acids is 1. The van der Waals surface area contributed by atoms with Crippen LogP contribution < -0.4 is 4.74 Å². The maximum absolute atomic E-state index is 13.5. The molecule has 0 saturated carbocycles. The van der Waals surface area contributed by atoms with Crippen molar-refractivity contribution in [2.45, 2.75) is 82.0 Å². The summed E-state index contributed by atoms with van der Waals surface area (Å²) in [6.07, 6.45) is 5.98. The molecule has 1 aromatic rings. The summed E-state index contributed by atoms with van der Waals surface area (Å²) in [6.45, 7) is 3.86. The number of carboxylic acids is 1. The number of carbonyl (C=O) groups excluding carboxylic acids is 2. The number of carbonyl (C=O) groups is 3. The van der Waals surface area contributed by atoms with E-state index in [4.69, 9.17) is 9.47 Å². The monoisotopic (exact) mass is 484 g/mol. The molecule has 0 bridgehead atoms. The minimum atomic E-state index is -0.850. The van der Waals surface area contributed by atoms with Crippen LogP contribution in [-0.4, -0.2) is 70.1 Å². The highest BCUT2D eigenvalue weighted by molar-refractivity contribution is 5.85. The van der Waals surface area contributed by atoms with Crippen molar-refractivity contribution < 1.29 is 29.0 Å². The molecule has 4 atom stereocenters. The molecular weight excluding hydrogens is 448 g/mol. The van der Waals surface area contributed by atoms with Gasteiger partial charge in [0.25, 0.3) is 0 Å². The number of benzene rings is 1. The summed E-state index contributed by atoms with van der Waals surface area (Å²) in [7, 11) is 0. The summed E-state index contributed by atoms with van der Waals surface area (Å²) in [5.41, 5.74) is -0.179. The first kappa shape index (κ1) is 24.1. The Morgan fingerprint density at radius 3 is 2.80 bits per heavy atom. The van der Waals surface area contributed by atoms with Crippen LogP contribution in [0.1, 0.15) is 76.4 Å². The SMILES string of the molecule is C[C@@]1(CCC(=O)O)Oc2ccccc2[C@@H]2OC[C@]3(CCCN3C(=O)CN3CCCCCC3=O)C[C@H]21. The van der Waals surface area contributed by atoms with Gasteiger partial charge in [-0.3, -0.25) is 14.4 Å². The molecule has 3 saturated heterocycles. The lowest BCUT2D eigenvalue weighted by Crippen LogP contribution is -2.61. The maximum atomic E-state index is 13.5. The number of hydrogen-bond acceptors (Lipinski definition) is 5. The van der Waals surface area contributed by atoms with E-state index in [1.54, 1.807) is 4.90 Å². The van der Waals surface area contributed by atoms with Gasteiger partial charge in [-0.05, 0) is 51.5 Å². The number of para-hydroxylation sites is 1. The van der Waals surface area contributed by atoms with Crippen LogP contribution in [0.2, 0.25) is 0 Å². The van der Waals surface area contributed by atoms with Gasteiger partial charge in [0, 0.05) is 37.4 Å². The zero-order chi connectivity index (χ0) is 24.6. The Morgan fingerprint density at radius 2 is 1.97 bits per heavy atom. The molecule has 8 heteroatoms. The lowest BCUT2D eigenvalue weighted by molar-refractivity contribution is -0.180. The number of likely N-dealkylation sites (tertiary alicyclic amines) is 2. The second-order valence-corrected chi connectivity index (χ2v) is 10.9. The van der Waals surface area contributed by atoms with Crippen LogP contribution in [0.25, 0.3) is 0 Å². The molecule has 0 aromatic heterocycles. The highest BCUT2D eigenvalue weighted by Gasteiger charge is 2.57. The van der Waals surface area contributed by atoms with E-state index in [2.05, 4.69) is 0 Å². The van der Waals surface area contributed by atoms with Crippen molar-refractivity contribution in [1.29, 1.82) is 0 Å². The van der Waals surface area contributed by atoms with Gasteiger partial charge in [-0.25, -0.2) is 0 Å². The van der Waals surface area contributed by atoms with E-state index in [9.17, 15) is 19.5 Å². The molecule has 4 aliphatic rings. The van der Waals surface area contributed by atoms with Crippen molar-refractivity contribution in [2.24, 2.45) is 5.92 Å². The van der Waals surface area contributed by atoms with E-state index in [0.29, 0.717) is 39.0 Å². The first-order valence-electron chi connectivity index (χ1n) is 13.0. The number of ether oxygens (including phenoxy) is 2. The first-order chi connectivity index (χ1) is 16.8. The highest BCUT2D eigenvalue weighted by Crippen LogP contribution is 2.55. The molecule has 4 aliphatic heterocycles. The number of hydrogen-bond donors (Lipinski definition) is 1. The van der Waals surface area contributed by atoms with Gasteiger partial charge >= 0.3 is 5.97 Å². The Labute approximate surface area is 206 Å². The van der Waals surface area contributed by atoms with Gasteiger partial charge in [0.2, 0.25) is 11.8 Å². The van der Waals surface area contributed by atoms with Crippen molar-refractivity contribution in [1.82, 2.24) is 9.80 Å². The average molecular weight is 485 g/mol. The molecule has 8 nitrogen and oxygen atoms in total. The summed E-state index contributed by atoms with van der Waals surface area (Å²) < 4.78 is 13.0. The van der Waals surface area contributed by atoms with Crippen LogP contribution in [0.5, 0.6) is 5.75 Å². The summed E-state index contributed by atoms with van der Waals surface area (Å²) in [5, 5.41) is 9.40. The van der Waals surface area contributed by atoms with Gasteiger partial charge in [-0.15, -0.1) is 0 Å². The van der Waals surface area contributed by atoms with E-state index in [1.807, 2.05) is 36.1 Å². The lowest BCUT2D eigenvalue weighted by atomic mass is 9.68. The third kappa shape index (κ3) is 4.53. The minimum Gasteiger partial charge on any atom is -0.487 e. The minimum absolute atomic E-state index is 0.00854. The molecule has 0 unspecified atom stereocenters. The van der Waals surface area contributed by atoms with E-state index >= 15 is 0 Å². The summed E-state index contributed by atoms with van der Waals surface area (Å²) >= 11 is 0. The second kappa shape index (κ2) is 9.45. The third-order valence-electron chi connectivity index (χ3n) is 8.58. The number of rotatable bonds is 5. The molecule has 1 spiro atoms. The number of carboxylic acid groups (broad SMARTS) is 1. The van der Waals surface area contributed by atoms with Gasteiger partial charge in [0.15, 0.2) is 0 Å². The van der Waals surface area contributed by atoms with E-state index in [0.717, 1.165) is 43.4 Å². The molecule has 4 heterocycles. The molecule has 0 aliphatic carbocycles. The molecule has 1 aromatic carbocycles. The molecule has 35 heavy (non-hydrogen) atoms. The average Bonchev–Trinajstić information content (AvgIpc) is 3.13. The smallest absolute Gasteiger partial charge is 0.303 e. The standard InChI is InChI=1S/C27H36N2O6/c1-26(13-11-24(32)33)20-16-27(18-34-25(20)19-8-4-5-9-21(19)35-26)12-7-15-29(27)23(31)17-28-14-6-2-3-10-22(28)30/h4-5,8-9,20,25H,2-3,6-7,10-18H2,1H3,(H,32,33)/t20-,25+,26+,27+/m1/s1. The van der Waals surface area contributed by atoms with Crippen LogP contribution in [0.3, 0.4) is 0 Å². The van der Waals surface area contributed by atoms with E-state index in [-0.39, 0.29) is 36.8 Å². The van der Waals surface area contributed by atoms with Gasteiger partial charge < -0.3 is 24.4 Å². The molecule has 3 fully saturated rings. The topological polar surface area (TPSA) is 96.4 Å². The molecular formula is C27H36N2O6. The van der Waals surface area contributed by atoms with Crippen LogP contribution in [0, 0.1) is 5.92 Å². The predicted octanol–water partition coefficient (Wildman–Crippen LogP) is 3.54. The molecule has 2 amide bonds. The van der Waals surface area contributed by atoms with E-state index < -0.39 is 17.1 Å². The molecule has 0 radical (unpaired) electrons. The Morgan fingerprint density at radius 1 is 1.14 bits per heavy atom. The van der Waals surface area contributed by atoms with Crippen molar-refractivity contribution in [3.05, 3.63) is 29.8 Å². The number of fused-ring (bicyclic) bond motifs is 3. The zero-order valence-electron chi connectivity index (χ0n) is 20.5. The van der Waals surface area contributed by atoms with Gasteiger partial charge in [-0.2, -0.15) is 0 Å². The first-order valence-corrected chi connectivity index (χ1v) is 13.0. The summed E-state index contributed by atoms with van der Waals surface area (Å²) in [4.78, 5) is 41.2. The van der Waals surface area contributed by atoms with E-state index in [1.165, 1.54) is 0 Å². The van der Waals surface area contributed by atoms with Crippen molar-refractivity contribution in [3.63, 3.8) is 0 Å². The Kier molecular flexibility index (Phi) is 6.51. The molecule has 190 valence electrons. The number of amides is 2. The van der Waals surface area contributed by atoms with Crippen molar-refractivity contribution >= 4 is 17.8 Å². The molecule has 1 N–H and O–H groups in total. The zero-order valence-corrected chi connectivity index (χ0v) is 20.5. The maximum Gasteiger partial charge on any atom is 0.303 e. The van der Waals surface area contributed by atoms with Crippen LogP contribution >= 0.6 is 0 Å².